The molecule has 4 nitrogen and oxygen atoms in total. The lowest BCUT2D eigenvalue weighted by atomic mass is 10.6. The zero-order valence-corrected chi connectivity index (χ0v) is 4.51. The first-order chi connectivity index (χ1) is 3.84. The van der Waals surface area contributed by atoms with Gasteiger partial charge in [-0.1, -0.05) is 0 Å². The summed E-state index contributed by atoms with van der Waals surface area (Å²) in [7, 11) is 1.54. The fourth-order valence-corrected chi connectivity index (χ4v) is 0.448. The molecule has 0 fully saturated rings. The number of methoxy groups -OCH3 is 1. The van der Waals surface area contributed by atoms with Crippen LogP contribution in [0.1, 0.15) is 0 Å². The summed E-state index contributed by atoms with van der Waals surface area (Å²) < 4.78 is 4.77. The van der Waals surface area contributed by atoms with Crippen molar-refractivity contribution < 1.29 is 4.74 Å². The molecule has 0 atom stereocenters. The van der Waals surface area contributed by atoms with Crippen LogP contribution in [0.25, 0.3) is 0 Å². The van der Waals surface area contributed by atoms with E-state index in [1.807, 2.05) is 0 Å². The van der Waals surface area contributed by atoms with Crippen LogP contribution in [0.5, 0.6) is 5.75 Å². The Kier molecular flexibility index (Phi) is 1.07. The fraction of sp³-hybridized carbons (Fsp3) is 0.250. The molecule has 0 saturated heterocycles. The molecule has 1 aromatic heterocycles. The highest BCUT2D eigenvalue weighted by Gasteiger charge is 1.95. The second-order valence-corrected chi connectivity index (χ2v) is 1.35. The van der Waals surface area contributed by atoms with Crippen LogP contribution in [0.15, 0.2) is 6.20 Å². The van der Waals surface area contributed by atoms with Gasteiger partial charge in [-0.05, 0) is 0 Å². The number of ether oxygens (including phenoxy) is 1. The number of anilines is 1. The lowest BCUT2D eigenvalue weighted by molar-refractivity contribution is 0.417. The molecule has 0 aromatic carbocycles. The van der Waals surface area contributed by atoms with Gasteiger partial charge in [0.2, 0.25) is 0 Å². The monoisotopic (exact) mass is 113 g/mol. The fourth-order valence-electron chi connectivity index (χ4n) is 0.448. The van der Waals surface area contributed by atoms with Gasteiger partial charge in [-0.3, -0.25) is 5.10 Å². The summed E-state index contributed by atoms with van der Waals surface area (Å²) in [6.07, 6.45) is 1.52. The quantitative estimate of drug-likeness (QED) is 0.538. The number of rotatable bonds is 1. The van der Waals surface area contributed by atoms with Gasteiger partial charge in [0.15, 0.2) is 11.6 Å². The third-order valence-corrected chi connectivity index (χ3v) is 0.852. The maximum atomic E-state index is 5.31. The molecule has 0 aliphatic carbocycles. The third-order valence-electron chi connectivity index (χ3n) is 0.852. The van der Waals surface area contributed by atoms with Crippen LogP contribution >= 0.6 is 0 Å². The van der Waals surface area contributed by atoms with Gasteiger partial charge in [0.05, 0.1) is 13.3 Å². The summed E-state index contributed by atoms with van der Waals surface area (Å²) in [6, 6.07) is 0. The molecular formula is C4H7N3O. The maximum absolute atomic E-state index is 5.31. The number of nitrogens with zero attached hydrogens (tertiary/aromatic N) is 1. The first-order valence-corrected chi connectivity index (χ1v) is 2.17. The first kappa shape index (κ1) is 4.96. The van der Waals surface area contributed by atoms with Crippen LogP contribution in [-0.2, 0) is 0 Å². The molecule has 44 valence electrons. The van der Waals surface area contributed by atoms with Crippen molar-refractivity contribution in [3.8, 4) is 5.75 Å². The van der Waals surface area contributed by atoms with Crippen molar-refractivity contribution in [3.05, 3.63) is 6.20 Å². The summed E-state index contributed by atoms with van der Waals surface area (Å²) in [6.45, 7) is 0. The van der Waals surface area contributed by atoms with Crippen molar-refractivity contribution in [2.24, 2.45) is 0 Å². The van der Waals surface area contributed by atoms with Gasteiger partial charge in [0.1, 0.15) is 0 Å². The number of nitrogens with one attached hydrogen (secondary N) is 1. The predicted molar refractivity (Wildman–Crippen MR) is 29.6 cm³/mol. The first-order valence-electron chi connectivity index (χ1n) is 2.17. The molecular weight excluding hydrogens is 106 g/mol. The summed E-state index contributed by atoms with van der Waals surface area (Å²) in [5.74, 6) is 1.05. The number of aromatic nitrogens is 2. The number of H-pyrrole nitrogens is 1. The van der Waals surface area contributed by atoms with Crippen LogP contribution in [0.2, 0.25) is 0 Å². The third kappa shape index (κ3) is 0.598. The van der Waals surface area contributed by atoms with Crippen LogP contribution < -0.4 is 10.5 Å². The van der Waals surface area contributed by atoms with Gasteiger partial charge >= 0.3 is 0 Å². The molecule has 3 N–H and O–H groups in total. The number of hydrogen-bond donors (Lipinski definition) is 2. The van der Waals surface area contributed by atoms with E-state index in [9.17, 15) is 0 Å². The minimum Gasteiger partial charge on any atom is -0.491 e. The standard InChI is InChI=1S/C4H7N3O/c1-8-3-2-6-7-4(3)5/h2H,1H3,(H3,5,6,7). The molecule has 0 bridgehead atoms. The van der Waals surface area contributed by atoms with Crippen LogP contribution in [0, 0.1) is 0 Å². The minimum absolute atomic E-state index is 0.465. The smallest absolute Gasteiger partial charge is 0.180 e. The molecule has 8 heavy (non-hydrogen) atoms. The van der Waals surface area contributed by atoms with Crippen molar-refractivity contribution in [3.63, 3.8) is 0 Å². The Morgan fingerprint density at radius 3 is 2.88 bits per heavy atom. The van der Waals surface area contributed by atoms with Crippen molar-refractivity contribution in [1.82, 2.24) is 10.2 Å². The Labute approximate surface area is 46.6 Å². The average molecular weight is 113 g/mol. The highest BCUT2D eigenvalue weighted by molar-refractivity contribution is 5.42. The molecule has 0 aliphatic heterocycles. The molecule has 0 spiro atoms. The molecule has 0 radical (unpaired) electrons. The zero-order chi connectivity index (χ0) is 5.98. The van der Waals surface area contributed by atoms with E-state index in [0.29, 0.717) is 11.6 Å². The topological polar surface area (TPSA) is 63.9 Å². The van der Waals surface area contributed by atoms with E-state index < -0.39 is 0 Å². The minimum atomic E-state index is 0.465. The number of nitrogens with two attached hydrogens (primary N) is 1. The maximum Gasteiger partial charge on any atom is 0.180 e. The Balaban J connectivity index is 2.92. The van der Waals surface area contributed by atoms with E-state index in [4.69, 9.17) is 10.5 Å². The van der Waals surface area contributed by atoms with Gasteiger partial charge in [0.25, 0.3) is 0 Å². The molecule has 1 heterocycles. The number of nitrogen functional groups attached to an aromatic ring is 1. The number of hydrogen-bond acceptors (Lipinski definition) is 3. The van der Waals surface area contributed by atoms with Crippen LogP contribution in [0.4, 0.5) is 5.82 Å². The van der Waals surface area contributed by atoms with Gasteiger partial charge in [0, 0.05) is 0 Å². The van der Waals surface area contributed by atoms with Crippen LogP contribution in [0.3, 0.4) is 0 Å². The van der Waals surface area contributed by atoms with E-state index in [2.05, 4.69) is 10.2 Å². The van der Waals surface area contributed by atoms with Crippen molar-refractivity contribution in [2.45, 2.75) is 0 Å². The van der Waals surface area contributed by atoms with E-state index in [-0.39, 0.29) is 0 Å². The normalized spacial score (nSPS) is 9.12. The highest BCUT2D eigenvalue weighted by atomic mass is 16.5. The summed E-state index contributed by atoms with van der Waals surface area (Å²) in [5.41, 5.74) is 5.31. The molecule has 1 rings (SSSR count). The van der Waals surface area contributed by atoms with Crippen LogP contribution in [-0.4, -0.2) is 17.3 Å². The van der Waals surface area contributed by atoms with E-state index in [1.165, 1.54) is 6.20 Å². The lowest BCUT2D eigenvalue weighted by Crippen LogP contribution is -1.88. The largest absolute Gasteiger partial charge is 0.491 e. The predicted octanol–water partition coefficient (Wildman–Crippen LogP) is 0.000500. The highest BCUT2D eigenvalue weighted by Crippen LogP contribution is 2.14. The van der Waals surface area contributed by atoms with Gasteiger partial charge in [-0.2, -0.15) is 5.10 Å². The van der Waals surface area contributed by atoms with Crippen molar-refractivity contribution >= 4 is 5.82 Å². The molecule has 4 heteroatoms. The SMILES string of the molecule is COc1cn[nH]c1N. The second-order valence-electron chi connectivity index (χ2n) is 1.35. The summed E-state index contributed by atoms with van der Waals surface area (Å²) in [4.78, 5) is 0. The second kappa shape index (κ2) is 1.73. The Hall–Kier alpha value is -1.19. The van der Waals surface area contributed by atoms with Gasteiger partial charge in [-0.25, -0.2) is 0 Å². The molecule has 1 aromatic rings. The van der Waals surface area contributed by atoms with Gasteiger partial charge in [-0.15, -0.1) is 0 Å². The Morgan fingerprint density at radius 1 is 1.88 bits per heavy atom. The Morgan fingerprint density at radius 2 is 2.62 bits per heavy atom. The van der Waals surface area contributed by atoms with Gasteiger partial charge < -0.3 is 10.5 Å². The van der Waals surface area contributed by atoms with E-state index in [0.717, 1.165) is 0 Å². The Bertz CT molecular complexity index is 172. The van der Waals surface area contributed by atoms with Crippen molar-refractivity contribution in [2.75, 3.05) is 12.8 Å². The summed E-state index contributed by atoms with van der Waals surface area (Å²) in [5, 5.41) is 6.14. The molecule has 0 amide bonds. The molecule has 0 unspecified atom stereocenters. The number of aromatic amines is 1. The van der Waals surface area contributed by atoms with E-state index >= 15 is 0 Å². The van der Waals surface area contributed by atoms with E-state index in [1.54, 1.807) is 7.11 Å². The average Bonchev–Trinajstić information content (AvgIpc) is 2.14. The summed E-state index contributed by atoms with van der Waals surface area (Å²) >= 11 is 0. The lowest BCUT2D eigenvalue weighted by Gasteiger charge is -1.91. The molecule has 0 saturated carbocycles. The molecule has 0 aliphatic rings. The van der Waals surface area contributed by atoms with Crippen molar-refractivity contribution in [1.29, 1.82) is 0 Å². The zero-order valence-electron chi connectivity index (χ0n) is 4.51.